The van der Waals surface area contributed by atoms with Crippen molar-refractivity contribution in [2.24, 2.45) is 0 Å². The van der Waals surface area contributed by atoms with E-state index < -0.39 is 10.0 Å². The number of carbonyl (C=O) groups excluding carboxylic acids is 1. The highest BCUT2D eigenvalue weighted by Gasteiger charge is 2.24. The highest BCUT2D eigenvalue weighted by molar-refractivity contribution is 7.92. The fourth-order valence-electron chi connectivity index (χ4n) is 3.72. The molecule has 1 aliphatic rings. The van der Waals surface area contributed by atoms with Gasteiger partial charge < -0.3 is 4.90 Å². The quantitative estimate of drug-likeness (QED) is 0.628. The molecule has 0 saturated carbocycles. The number of nitrogens with zero attached hydrogens (tertiary/aromatic N) is 2. The van der Waals surface area contributed by atoms with E-state index in [4.69, 9.17) is 0 Å². The van der Waals surface area contributed by atoms with Crippen LogP contribution in [0.3, 0.4) is 0 Å². The van der Waals surface area contributed by atoms with Gasteiger partial charge in [-0.05, 0) is 67.8 Å². The zero-order chi connectivity index (χ0) is 21.3. The average Bonchev–Trinajstić information content (AvgIpc) is 2.78. The zero-order valence-electron chi connectivity index (χ0n) is 17.1. The van der Waals surface area contributed by atoms with Crippen LogP contribution in [0.5, 0.6) is 0 Å². The maximum Gasteiger partial charge on any atom is 0.264 e. The number of amides is 1. The van der Waals surface area contributed by atoms with Gasteiger partial charge in [-0.2, -0.15) is 0 Å². The van der Waals surface area contributed by atoms with Gasteiger partial charge in [0.15, 0.2) is 0 Å². The number of benzene rings is 3. The van der Waals surface area contributed by atoms with Crippen molar-refractivity contribution in [3.8, 4) is 0 Å². The van der Waals surface area contributed by atoms with Gasteiger partial charge in [0.2, 0.25) is 0 Å². The lowest BCUT2D eigenvalue weighted by atomic mass is 10.0. The fourth-order valence-corrected chi connectivity index (χ4v) is 4.92. The lowest BCUT2D eigenvalue weighted by Crippen LogP contribution is -2.35. The monoisotopic (exact) mass is 420 g/mol. The first-order valence-electron chi connectivity index (χ1n) is 9.93. The molecule has 0 saturated heterocycles. The lowest BCUT2D eigenvalue weighted by molar-refractivity contribution is 0.0985. The molecular formula is C24H24N2O3S. The molecule has 0 aromatic heterocycles. The van der Waals surface area contributed by atoms with Crippen LogP contribution < -0.4 is 9.21 Å². The summed E-state index contributed by atoms with van der Waals surface area (Å²) in [7, 11) is -2.14. The van der Waals surface area contributed by atoms with Crippen LogP contribution in [0.2, 0.25) is 0 Å². The summed E-state index contributed by atoms with van der Waals surface area (Å²) in [5.41, 5.74) is 4.18. The van der Waals surface area contributed by atoms with Crippen molar-refractivity contribution >= 4 is 27.3 Å². The van der Waals surface area contributed by atoms with Gasteiger partial charge in [0, 0.05) is 24.8 Å². The van der Waals surface area contributed by atoms with Crippen LogP contribution in [0.25, 0.3) is 0 Å². The molecule has 0 spiro atoms. The Morgan fingerprint density at radius 2 is 1.60 bits per heavy atom. The van der Waals surface area contributed by atoms with Crippen LogP contribution in [-0.2, 0) is 16.4 Å². The number of para-hydroxylation sites is 1. The van der Waals surface area contributed by atoms with E-state index >= 15 is 0 Å². The van der Waals surface area contributed by atoms with E-state index in [0.29, 0.717) is 17.8 Å². The van der Waals surface area contributed by atoms with Crippen molar-refractivity contribution in [2.75, 3.05) is 22.8 Å². The molecule has 0 radical (unpaired) electrons. The van der Waals surface area contributed by atoms with E-state index in [2.05, 4.69) is 6.07 Å². The van der Waals surface area contributed by atoms with Crippen LogP contribution in [0, 0.1) is 6.92 Å². The number of aryl methyl sites for hydroxylation is 2. The van der Waals surface area contributed by atoms with E-state index in [9.17, 15) is 13.2 Å². The predicted octanol–water partition coefficient (Wildman–Crippen LogP) is 4.41. The Morgan fingerprint density at radius 3 is 2.30 bits per heavy atom. The van der Waals surface area contributed by atoms with Crippen LogP contribution in [0.1, 0.15) is 27.9 Å². The van der Waals surface area contributed by atoms with Crippen molar-refractivity contribution in [1.29, 1.82) is 0 Å². The number of rotatable bonds is 4. The molecule has 0 bridgehead atoms. The third-order valence-corrected chi connectivity index (χ3v) is 7.31. The molecular weight excluding hydrogens is 396 g/mol. The van der Waals surface area contributed by atoms with Crippen LogP contribution in [0.15, 0.2) is 77.7 Å². The van der Waals surface area contributed by atoms with E-state index in [0.717, 1.165) is 24.1 Å². The number of sulfonamides is 1. The number of fused-ring (bicyclic) bond motifs is 1. The smallest absolute Gasteiger partial charge is 0.264 e. The third-order valence-electron chi connectivity index (χ3n) is 5.51. The number of hydrogen-bond acceptors (Lipinski definition) is 3. The van der Waals surface area contributed by atoms with E-state index in [1.165, 1.54) is 16.9 Å². The molecule has 3 aromatic rings. The Balaban J connectivity index is 1.57. The molecule has 3 aromatic carbocycles. The van der Waals surface area contributed by atoms with Crippen LogP contribution in [0.4, 0.5) is 11.4 Å². The molecule has 0 aliphatic carbocycles. The summed E-state index contributed by atoms with van der Waals surface area (Å²) in [6.45, 7) is 2.59. The summed E-state index contributed by atoms with van der Waals surface area (Å²) in [4.78, 5) is 15.1. The minimum atomic E-state index is -3.66. The molecule has 30 heavy (non-hydrogen) atoms. The van der Waals surface area contributed by atoms with Crippen molar-refractivity contribution in [1.82, 2.24) is 0 Å². The van der Waals surface area contributed by atoms with Crippen molar-refractivity contribution in [3.05, 3.63) is 89.5 Å². The van der Waals surface area contributed by atoms with Crippen molar-refractivity contribution in [3.63, 3.8) is 0 Å². The molecule has 1 aliphatic heterocycles. The Hall–Kier alpha value is -3.12. The molecule has 6 heteroatoms. The summed E-state index contributed by atoms with van der Waals surface area (Å²) >= 11 is 0. The Bertz CT molecular complexity index is 1170. The van der Waals surface area contributed by atoms with Gasteiger partial charge in [-0.25, -0.2) is 8.42 Å². The first kappa shape index (κ1) is 20.2. The standard InChI is InChI=1S/C24H24N2O3S/c1-18-9-15-22(16-10-18)30(28,29)25(2)21-13-11-20(12-14-21)24(27)26-17-5-7-19-6-3-4-8-23(19)26/h3-4,6,8-16H,5,7,17H2,1-2H3. The van der Waals surface area contributed by atoms with Gasteiger partial charge in [0.1, 0.15) is 0 Å². The minimum absolute atomic E-state index is 0.0715. The van der Waals surface area contributed by atoms with Crippen molar-refractivity contribution in [2.45, 2.75) is 24.7 Å². The second-order valence-corrected chi connectivity index (χ2v) is 9.49. The summed E-state index contributed by atoms with van der Waals surface area (Å²) in [6, 6.07) is 21.5. The van der Waals surface area contributed by atoms with E-state index in [1.54, 1.807) is 53.4 Å². The second-order valence-electron chi connectivity index (χ2n) is 7.52. The second kappa shape index (κ2) is 7.95. The first-order valence-corrected chi connectivity index (χ1v) is 11.4. The Labute approximate surface area is 177 Å². The molecule has 0 unspecified atom stereocenters. The fraction of sp³-hybridized carbons (Fsp3) is 0.208. The van der Waals surface area contributed by atoms with E-state index in [1.807, 2.05) is 25.1 Å². The van der Waals surface area contributed by atoms with Gasteiger partial charge in [0.05, 0.1) is 10.6 Å². The minimum Gasteiger partial charge on any atom is -0.308 e. The Kier molecular flexibility index (Phi) is 5.35. The predicted molar refractivity (Wildman–Crippen MR) is 120 cm³/mol. The van der Waals surface area contributed by atoms with Crippen molar-refractivity contribution < 1.29 is 13.2 Å². The molecule has 5 nitrogen and oxygen atoms in total. The summed E-state index contributed by atoms with van der Waals surface area (Å²) in [6.07, 6.45) is 1.90. The maximum atomic E-state index is 13.1. The SMILES string of the molecule is Cc1ccc(S(=O)(=O)N(C)c2ccc(C(=O)N3CCCc4ccccc43)cc2)cc1. The average molecular weight is 421 g/mol. The number of anilines is 2. The largest absolute Gasteiger partial charge is 0.308 e. The highest BCUT2D eigenvalue weighted by atomic mass is 32.2. The van der Waals surface area contributed by atoms with E-state index in [-0.39, 0.29) is 10.8 Å². The molecule has 154 valence electrons. The molecule has 0 fully saturated rings. The summed E-state index contributed by atoms with van der Waals surface area (Å²) < 4.78 is 27.0. The zero-order valence-corrected chi connectivity index (χ0v) is 17.9. The van der Waals surface area contributed by atoms with Gasteiger partial charge in [-0.1, -0.05) is 35.9 Å². The number of hydrogen-bond donors (Lipinski definition) is 0. The van der Waals surface area contributed by atoms with Crippen LogP contribution >= 0.6 is 0 Å². The maximum absolute atomic E-state index is 13.1. The molecule has 1 heterocycles. The first-order chi connectivity index (χ1) is 14.4. The van der Waals surface area contributed by atoms with Gasteiger partial charge in [0.25, 0.3) is 15.9 Å². The summed E-state index contributed by atoms with van der Waals surface area (Å²) in [5.74, 6) is -0.0715. The topological polar surface area (TPSA) is 57.7 Å². The van der Waals surface area contributed by atoms with Crippen LogP contribution in [-0.4, -0.2) is 27.9 Å². The molecule has 0 N–H and O–H groups in total. The third kappa shape index (κ3) is 3.71. The highest BCUT2D eigenvalue weighted by Crippen LogP contribution is 2.29. The van der Waals surface area contributed by atoms with Gasteiger partial charge in [-0.3, -0.25) is 9.10 Å². The summed E-state index contributed by atoms with van der Waals surface area (Å²) in [5, 5.41) is 0. The molecule has 1 amide bonds. The van der Waals surface area contributed by atoms with Gasteiger partial charge >= 0.3 is 0 Å². The lowest BCUT2D eigenvalue weighted by Gasteiger charge is -2.29. The normalized spacial score (nSPS) is 13.6. The molecule has 4 rings (SSSR count). The van der Waals surface area contributed by atoms with Gasteiger partial charge in [-0.15, -0.1) is 0 Å². The molecule has 0 atom stereocenters. The number of carbonyl (C=O) groups is 1. The Morgan fingerprint density at radius 1 is 0.933 bits per heavy atom.